The molecule has 4 aliphatic rings. The number of aromatic nitrogens is 4. The lowest BCUT2D eigenvalue weighted by molar-refractivity contribution is 0.00152. The van der Waals surface area contributed by atoms with Crippen molar-refractivity contribution in [2.24, 2.45) is 0 Å². The zero-order valence-electron chi connectivity index (χ0n) is 16.6. The van der Waals surface area contributed by atoms with E-state index in [1.165, 1.54) is 44.9 Å². The molecule has 2 saturated carbocycles. The van der Waals surface area contributed by atoms with Crippen molar-refractivity contribution in [1.29, 1.82) is 0 Å². The molecule has 0 radical (unpaired) electrons. The number of amides is 1. The molecule has 5 rings (SSSR count). The van der Waals surface area contributed by atoms with Crippen LogP contribution in [0.3, 0.4) is 0 Å². The lowest BCUT2D eigenvalue weighted by Crippen LogP contribution is -2.41. The van der Waals surface area contributed by atoms with Crippen molar-refractivity contribution in [3.05, 3.63) is 0 Å². The van der Waals surface area contributed by atoms with E-state index in [4.69, 9.17) is 14.2 Å². The summed E-state index contributed by atoms with van der Waals surface area (Å²) >= 11 is 1.76. The second kappa shape index (κ2) is 8.77. The third-order valence-electron chi connectivity index (χ3n) is 6.52. The van der Waals surface area contributed by atoms with Crippen molar-refractivity contribution in [2.75, 3.05) is 13.2 Å². The molecule has 0 unspecified atom stereocenters. The number of carbonyl (C=O) groups is 1. The average Bonchev–Trinajstić information content (AvgIpc) is 3.50. The Morgan fingerprint density at radius 1 is 1.03 bits per heavy atom. The van der Waals surface area contributed by atoms with Crippen molar-refractivity contribution in [3.8, 4) is 0 Å². The molecule has 0 bridgehead atoms. The minimum absolute atomic E-state index is 0.0890. The quantitative estimate of drug-likeness (QED) is 0.771. The highest BCUT2D eigenvalue weighted by Crippen LogP contribution is 2.39. The van der Waals surface area contributed by atoms with Gasteiger partial charge in [0.05, 0.1) is 13.2 Å². The highest BCUT2D eigenvalue weighted by molar-refractivity contribution is 7.99. The largest absolute Gasteiger partial charge is 0.441 e. The molecule has 1 N–H and O–H groups in total. The Morgan fingerprint density at radius 2 is 1.79 bits per heavy atom. The Balaban J connectivity index is 1.18. The van der Waals surface area contributed by atoms with Crippen molar-refractivity contribution in [1.82, 2.24) is 25.5 Å². The highest BCUT2D eigenvalue weighted by Gasteiger charge is 2.51. The van der Waals surface area contributed by atoms with Gasteiger partial charge >= 0.3 is 6.09 Å². The summed E-state index contributed by atoms with van der Waals surface area (Å²) in [7, 11) is 0. The molecule has 4 atom stereocenters. The van der Waals surface area contributed by atoms with Gasteiger partial charge in [-0.25, -0.2) is 9.48 Å². The number of ether oxygens (including phenoxy) is 3. The number of nitrogens with one attached hydrogen (secondary N) is 1. The minimum atomic E-state index is -0.393. The molecule has 0 aromatic carbocycles. The normalized spacial score (nSPS) is 33.1. The fourth-order valence-electron chi connectivity index (χ4n) is 4.97. The van der Waals surface area contributed by atoms with Gasteiger partial charge in [-0.05, 0) is 36.1 Å². The van der Waals surface area contributed by atoms with Gasteiger partial charge in [-0.2, -0.15) is 0 Å². The first kappa shape index (κ1) is 19.6. The molecule has 4 fully saturated rings. The molecule has 29 heavy (non-hydrogen) atoms. The average molecular weight is 424 g/mol. The molecule has 1 amide bonds. The molecular weight excluding hydrogens is 394 g/mol. The maximum absolute atomic E-state index is 12.3. The maximum atomic E-state index is 12.3. The Kier molecular flexibility index (Phi) is 5.92. The summed E-state index contributed by atoms with van der Waals surface area (Å²) in [4.78, 5) is 12.3. The fraction of sp³-hybridized carbons (Fsp3) is 0.895. The monoisotopic (exact) mass is 423 g/mol. The van der Waals surface area contributed by atoms with Crippen LogP contribution in [0.1, 0.15) is 63.8 Å². The summed E-state index contributed by atoms with van der Waals surface area (Å²) in [5.74, 6) is 0. The highest BCUT2D eigenvalue weighted by atomic mass is 32.2. The number of hydrogen-bond donors (Lipinski definition) is 1. The van der Waals surface area contributed by atoms with Gasteiger partial charge in [-0.3, -0.25) is 0 Å². The van der Waals surface area contributed by atoms with Crippen LogP contribution < -0.4 is 5.32 Å². The summed E-state index contributed by atoms with van der Waals surface area (Å²) in [6, 6.07) is 0.136. The van der Waals surface area contributed by atoms with Gasteiger partial charge in [0.25, 0.3) is 0 Å². The van der Waals surface area contributed by atoms with Gasteiger partial charge in [-0.1, -0.05) is 43.9 Å². The molecule has 2 saturated heterocycles. The second-order valence-corrected chi connectivity index (χ2v) is 9.78. The predicted molar refractivity (Wildman–Crippen MR) is 105 cm³/mol. The van der Waals surface area contributed by atoms with Crippen LogP contribution in [-0.4, -0.2) is 69.1 Å². The Hall–Kier alpha value is -1.39. The SMILES string of the molecule is O=C(NC1CCCCC1)O[C@H]1CO[C@@H]2[C@@H]1OC[C@@H]2n1nnnc1SC1CCCC1. The summed E-state index contributed by atoms with van der Waals surface area (Å²) in [6.07, 6.45) is 9.40. The molecule has 10 heteroatoms. The van der Waals surface area contributed by atoms with E-state index in [0.717, 1.165) is 18.0 Å². The number of rotatable bonds is 5. The van der Waals surface area contributed by atoms with Crippen LogP contribution >= 0.6 is 11.8 Å². The molecule has 0 spiro atoms. The van der Waals surface area contributed by atoms with E-state index in [-0.39, 0.29) is 30.4 Å². The van der Waals surface area contributed by atoms with Crippen molar-refractivity contribution < 1.29 is 19.0 Å². The number of thioether (sulfide) groups is 1. The third kappa shape index (κ3) is 4.25. The van der Waals surface area contributed by atoms with E-state index in [1.807, 2.05) is 4.68 Å². The third-order valence-corrected chi connectivity index (χ3v) is 7.80. The predicted octanol–water partition coefficient (Wildman–Crippen LogP) is 2.47. The fourth-order valence-corrected chi connectivity index (χ4v) is 6.20. The van der Waals surface area contributed by atoms with E-state index in [9.17, 15) is 4.79 Å². The molecule has 2 aliphatic carbocycles. The number of alkyl carbamates (subject to hydrolysis) is 1. The van der Waals surface area contributed by atoms with Crippen LogP contribution in [0.15, 0.2) is 5.16 Å². The lowest BCUT2D eigenvalue weighted by Gasteiger charge is -2.24. The van der Waals surface area contributed by atoms with Crippen molar-refractivity contribution >= 4 is 17.9 Å². The Morgan fingerprint density at radius 3 is 2.62 bits per heavy atom. The topological polar surface area (TPSA) is 100 Å². The van der Waals surface area contributed by atoms with Crippen LogP contribution in [0.2, 0.25) is 0 Å². The summed E-state index contributed by atoms with van der Waals surface area (Å²) in [5.41, 5.74) is 0. The standard InChI is InChI=1S/C19H29N5O4S/c25-19(20-12-6-2-1-3-7-12)28-15-11-27-16-14(10-26-17(15)16)24-18(21-22-23-24)29-13-8-4-5-9-13/h12-17H,1-11H2,(H,20,25)/t14-,15-,16-,17+/m0/s1. The molecule has 9 nitrogen and oxygen atoms in total. The molecule has 160 valence electrons. The molecular formula is C19H29N5O4S. The van der Waals surface area contributed by atoms with Crippen molar-refractivity contribution in [2.45, 2.75) is 98.6 Å². The Bertz CT molecular complexity index is 707. The first-order valence-electron chi connectivity index (χ1n) is 10.9. The van der Waals surface area contributed by atoms with E-state index >= 15 is 0 Å². The molecule has 2 aliphatic heterocycles. The van der Waals surface area contributed by atoms with E-state index in [2.05, 4.69) is 20.8 Å². The molecule has 1 aromatic heterocycles. The van der Waals surface area contributed by atoms with Gasteiger partial charge in [0.2, 0.25) is 5.16 Å². The summed E-state index contributed by atoms with van der Waals surface area (Å²) in [6.45, 7) is 0.805. The van der Waals surface area contributed by atoms with Crippen LogP contribution in [0.25, 0.3) is 0 Å². The number of tetrazole rings is 1. The summed E-state index contributed by atoms with van der Waals surface area (Å²) in [5, 5.41) is 16.8. The zero-order valence-corrected chi connectivity index (χ0v) is 17.4. The second-order valence-electron chi connectivity index (χ2n) is 8.52. The smallest absolute Gasteiger partial charge is 0.407 e. The zero-order chi connectivity index (χ0) is 19.6. The molecule has 1 aromatic rings. The van der Waals surface area contributed by atoms with Gasteiger partial charge in [0.15, 0.2) is 6.10 Å². The van der Waals surface area contributed by atoms with Crippen LogP contribution in [-0.2, 0) is 14.2 Å². The van der Waals surface area contributed by atoms with E-state index < -0.39 is 6.10 Å². The summed E-state index contributed by atoms with van der Waals surface area (Å²) < 4.78 is 19.5. The van der Waals surface area contributed by atoms with Gasteiger partial charge in [-0.15, -0.1) is 5.10 Å². The van der Waals surface area contributed by atoms with Crippen LogP contribution in [0.4, 0.5) is 4.79 Å². The molecule has 3 heterocycles. The first-order chi connectivity index (χ1) is 14.3. The number of nitrogens with zero attached hydrogens (tertiary/aromatic N) is 4. The van der Waals surface area contributed by atoms with E-state index in [0.29, 0.717) is 18.5 Å². The van der Waals surface area contributed by atoms with Gasteiger partial charge < -0.3 is 19.5 Å². The Labute approximate surface area is 174 Å². The first-order valence-corrected chi connectivity index (χ1v) is 11.8. The van der Waals surface area contributed by atoms with Crippen LogP contribution in [0.5, 0.6) is 0 Å². The van der Waals surface area contributed by atoms with E-state index in [1.54, 1.807) is 11.8 Å². The number of fused-ring (bicyclic) bond motifs is 1. The minimum Gasteiger partial charge on any atom is -0.441 e. The number of carbonyl (C=O) groups excluding carboxylic acids is 1. The lowest BCUT2D eigenvalue weighted by atomic mass is 9.96. The maximum Gasteiger partial charge on any atom is 0.407 e. The van der Waals surface area contributed by atoms with Crippen LogP contribution in [0, 0.1) is 0 Å². The van der Waals surface area contributed by atoms with Crippen molar-refractivity contribution in [3.63, 3.8) is 0 Å². The van der Waals surface area contributed by atoms with Gasteiger partial charge in [0.1, 0.15) is 18.2 Å². The van der Waals surface area contributed by atoms with Gasteiger partial charge in [0, 0.05) is 11.3 Å². The number of hydrogen-bond acceptors (Lipinski definition) is 8.